The zero-order valence-electron chi connectivity index (χ0n) is 10.5. The minimum absolute atomic E-state index is 0.000545. The summed E-state index contributed by atoms with van der Waals surface area (Å²) in [6, 6.07) is 4.57. The van der Waals surface area contributed by atoms with Crippen LogP contribution < -0.4 is 5.32 Å². The van der Waals surface area contributed by atoms with Crippen LogP contribution in [0.4, 0.5) is 4.39 Å². The first-order valence-electron chi connectivity index (χ1n) is 6.63. The standard InChI is InChI=1S/C14H16ClFN2O/c15-11-6-9(3-4-12(11)16)14(19)18-7-10-2-1-5-17-13(10)8-18/h3-4,6,10,13,17H,1-2,5,7-8H2. The van der Waals surface area contributed by atoms with Crippen molar-refractivity contribution in [2.45, 2.75) is 18.9 Å². The number of amides is 1. The number of piperidine rings is 1. The highest BCUT2D eigenvalue weighted by Gasteiger charge is 2.36. The number of nitrogens with one attached hydrogen (secondary N) is 1. The molecule has 0 radical (unpaired) electrons. The maximum absolute atomic E-state index is 13.1. The van der Waals surface area contributed by atoms with E-state index in [4.69, 9.17) is 11.6 Å². The second-order valence-corrected chi connectivity index (χ2v) is 5.71. The van der Waals surface area contributed by atoms with Gasteiger partial charge >= 0.3 is 0 Å². The highest BCUT2D eigenvalue weighted by atomic mass is 35.5. The van der Waals surface area contributed by atoms with Gasteiger partial charge in [0.2, 0.25) is 0 Å². The fourth-order valence-corrected chi connectivity index (χ4v) is 3.20. The Bertz CT molecular complexity index is 494. The molecule has 0 aromatic heterocycles. The molecule has 2 saturated heterocycles. The molecule has 0 spiro atoms. The maximum Gasteiger partial charge on any atom is 0.253 e. The molecule has 0 bridgehead atoms. The van der Waals surface area contributed by atoms with Gasteiger partial charge in [0.1, 0.15) is 5.82 Å². The summed E-state index contributed by atoms with van der Waals surface area (Å²) in [5.41, 5.74) is 0.463. The van der Waals surface area contributed by atoms with Gasteiger partial charge in [-0.2, -0.15) is 0 Å². The van der Waals surface area contributed by atoms with Crippen molar-refractivity contribution in [3.8, 4) is 0 Å². The summed E-state index contributed by atoms with van der Waals surface area (Å²) in [7, 11) is 0. The normalized spacial score (nSPS) is 26.3. The van der Waals surface area contributed by atoms with Crippen molar-refractivity contribution in [1.82, 2.24) is 10.2 Å². The number of likely N-dealkylation sites (tertiary alicyclic amines) is 1. The number of hydrogen-bond acceptors (Lipinski definition) is 2. The fraction of sp³-hybridized carbons (Fsp3) is 0.500. The Labute approximate surface area is 116 Å². The van der Waals surface area contributed by atoms with E-state index in [1.54, 1.807) is 0 Å². The van der Waals surface area contributed by atoms with Crippen molar-refractivity contribution in [1.29, 1.82) is 0 Å². The van der Waals surface area contributed by atoms with Crippen molar-refractivity contribution >= 4 is 17.5 Å². The van der Waals surface area contributed by atoms with E-state index in [1.165, 1.54) is 31.0 Å². The van der Waals surface area contributed by atoms with Crippen LogP contribution in [0.3, 0.4) is 0 Å². The molecule has 2 atom stereocenters. The molecule has 2 aliphatic heterocycles. The third-order valence-electron chi connectivity index (χ3n) is 4.05. The molecule has 102 valence electrons. The molecule has 2 aliphatic rings. The van der Waals surface area contributed by atoms with Gasteiger partial charge in [-0.1, -0.05) is 11.6 Å². The van der Waals surface area contributed by atoms with Crippen LogP contribution in [0.2, 0.25) is 5.02 Å². The summed E-state index contributed by atoms with van der Waals surface area (Å²) in [6.07, 6.45) is 2.34. The Balaban J connectivity index is 1.75. The van der Waals surface area contributed by atoms with Crippen LogP contribution >= 0.6 is 11.6 Å². The van der Waals surface area contributed by atoms with Gasteiger partial charge in [-0.15, -0.1) is 0 Å². The molecular weight excluding hydrogens is 267 g/mol. The summed E-state index contributed by atoms with van der Waals surface area (Å²) < 4.78 is 13.1. The maximum atomic E-state index is 13.1. The number of nitrogens with zero attached hydrogens (tertiary/aromatic N) is 1. The third-order valence-corrected chi connectivity index (χ3v) is 4.34. The fourth-order valence-electron chi connectivity index (χ4n) is 3.02. The Hall–Kier alpha value is -1.13. The first-order chi connectivity index (χ1) is 9.15. The summed E-state index contributed by atoms with van der Waals surface area (Å²) in [5.74, 6) is 0.00157. The van der Waals surface area contributed by atoms with Gasteiger partial charge in [0.05, 0.1) is 5.02 Å². The van der Waals surface area contributed by atoms with E-state index in [1.807, 2.05) is 4.90 Å². The molecule has 3 nitrogen and oxygen atoms in total. The number of hydrogen-bond donors (Lipinski definition) is 1. The van der Waals surface area contributed by atoms with Crippen molar-refractivity contribution in [2.24, 2.45) is 5.92 Å². The lowest BCUT2D eigenvalue weighted by Gasteiger charge is -2.24. The minimum Gasteiger partial charge on any atom is -0.337 e. The van der Waals surface area contributed by atoms with Gasteiger partial charge in [-0.25, -0.2) is 4.39 Å². The Morgan fingerprint density at radius 3 is 3.00 bits per heavy atom. The molecule has 2 heterocycles. The van der Waals surface area contributed by atoms with Crippen molar-refractivity contribution in [2.75, 3.05) is 19.6 Å². The molecule has 2 fully saturated rings. The molecule has 0 aliphatic carbocycles. The van der Waals surface area contributed by atoms with E-state index < -0.39 is 5.82 Å². The Morgan fingerprint density at radius 1 is 1.42 bits per heavy atom. The van der Waals surface area contributed by atoms with Crippen LogP contribution in [0.1, 0.15) is 23.2 Å². The van der Waals surface area contributed by atoms with Gasteiger partial charge in [-0.05, 0) is 43.5 Å². The van der Waals surface area contributed by atoms with Gasteiger partial charge < -0.3 is 10.2 Å². The van der Waals surface area contributed by atoms with Crippen LogP contribution in [0.15, 0.2) is 18.2 Å². The average molecular weight is 283 g/mol. The second kappa shape index (κ2) is 5.10. The number of carbonyl (C=O) groups excluding carboxylic acids is 1. The lowest BCUT2D eigenvalue weighted by molar-refractivity contribution is 0.0785. The molecule has 1 amide bonds. The molecular formula is C14H16ClFN2O. The molecule has 1 aromatic rings. The minimum atomic E-state index is -0.491. The smallest absolute Gasteiger partial charge is 0.253 e. The summed E-state index contributed by atoms with van der Waals surface area (Å²) in [5, 5.41) is 3.46. The van der Waals surface area contributed by atoms with Gasteiger partial charge in [0, 0.05) is 24.7 Å². The second-order valence-electron chi connectivity index (χ2n) is 5.30. The Morgan fingerprint density at radius 2 is 2.26 bits per heavy atom. The number of benzene rings is 1. The number of carbonyl (C=O) groups is 1. The molecule has 0 saturated carbocycles. The zero-order chi connectivity index (χ0) is 13.4. The monoisotopic (exact) mass is 282 g/mol. The largest absolute Gasteiger partial charge is 0.337 e. The number of fused-ring (bicyclic) bond motifs is 1. The van der Waals surface area contributed by atoms with Crippen molar-refractivity contribution in [3.05, 3.63) is 34.6 Å². The van der Waals surface area contributed by atoms with Crippen LogP contribution in [-0.4, -0.2) is 36.5 Å². The molecule has 3 rings (SSSR count). The molecule has 5 heteroatoms. The summed E-state index contributed by atoms with van der Waals surface area (Å²) >= 11 is 5.73. The molecule has 2 unspecified atom stereocenters. The molecule has 19 heavy (non-hydrogen) atoms. The van der Waals surface area contributed by atoms with Crippen molar-refractivity contribution < 1.29 is 9.18 Å². The number of rotatable bonds is 1. The van der Waals surface area contributed by atoms with Crippen molar-refractivity contribution in [3.63, 3.8) is 0 Å². The lowest BCUT2D eigenvalue weighted by Crippen LogP contribution is -2.41. The van der Waals surface area contributed by atoms with Gasteiger partial charge in [-0.3, -0.25) is 4.79 Å². The van der Waals surface area contributed by atoms with Gasteiger partial charge in [0.25, 0.3) is 5.91 Å². The quantitative estimate of drug-likeness (QED) is 0.857. The average Bonchev–Trinajstić information content (AvgIpc) is 2.85. The molecule has 1 N–H and O–H groups in total. The van der Waals surface area contributed by atoms with Gasteiger partial charge in [0.15, 0.2) is 0 Å². The predicted molar refractivity (Wildman–Crippen MR) is 71.8 cm³/mol. The van der Waals surface area contributed by atoms with Crippen LogP contribution in [-0.2, 0) is 0 Å². The molecule has 1 aromatic carbocycles. The number of halogens is 2. The Kier molecular flexibility index (Phi) is 3.46. The lowest BCUT2D eigenvalue weighted by atomic mass is 9.94. The van der Waals surface area contributed by atoms with E-state index in [-0.39, 0.29) is 10.9 Å². The first-order valence-corrected chi connectivity index (χ1v) is 7.00. The zero-order valence-corrected chi connectivity index (χ0v) is 11.3. The highest BCUT2D eigenvalue weighted by molar-refractivity contribution is 6.31. The van der Waals surface area contributed by atoms with E-state index >= 15 is 0 Å². The van der Waals surface area contributed by atoms with E-state index in [0.717, 1.165) is 19.6 Å². The van der Waals surface area contributed by atoms with Crippen LogP contribution in [0.5, 0.6) is 0 Å². The highest BCUT2D eigenvalue weighted by Crippen LogP contribution is 2.26. The van der Waals surface area contributed by atoms with E-state index in [0.29, 0.717) is 17.5 Å². The summed E-state index contributed by atoms with van der Waals surface area (Å²) in [4.78, 5) is 14.2. The first kappa shape index (κ1) is 12.9. The predicted octanol–water partition coefficient (Wildman–Crippen LogP) is 2.30. The van der Waals surface area contributed by atoms with E-state index in [9.17, 15) is 9.18 Å². The summed E-state index contributed by atoms with van der Waals surface area (Å²) in [6.45, 7) is 2.55. The van der Waals surface area contributed by atoms with E-state index in [2.05, 4.69) is 5.32 Å². The SMILES string of the molecule is O=C(c1ccc(F)c(Cl)c1)N1CC2CCCNC2C1. The third kappa shape index (κ3) is 2.47. The van der Waals surface area contributed by atoms with Crippen LogP contribution in [0.25, 0.3) is 0 Å². The van der Waals surface area contributed by atoms with Crippen LogP contribution in [0, 0.1) is 11.7 Å². The topological polar surface area (TPSA) is 32.3 Å².